The van der Waals surface area contributed by atoms with Crippen molar-refractivity contribution in [3.05, 3.63) is 10.6 Å². The van der Waals surface area contributed by atoms with E-state index in [1.165, 1.54) is 0 Å². The molecule has 0 saturated heterocycles. The second-order valence-corrected chi connectivity index (χ2v) is 5.97. The smallest absolute Gasteiger partial charge is 0.265 e. The van der Waals surface area contributed by atoms with Gasteiger partial charge in [-0.1, -0.05) is 25.3 Å². The highest BCUT2D eigenvalue weighted by atomic mass is 32.1. The molecule has 1 atom stereocenters. The summed E-state index contributed by atoms with van der Waals surface area (Å²) in [6, 6.07) is 0. The molecular formula is C12H22N4OS. The Morgan fingerprint density at radius 2 is 2.22 bits per heavy atom. The van der Waals surface area contributed by atoms with E-state index in [1.54, 1.807) is 0 Å². The van der Waals surface area contributed by atoms with Crippen LogP contribution in [0.15, 0.2) is 0 Å². The lowest BCUT2D eigenvalue weighted by Crippen LogP contribution is -2.52. The molecule has 0 spiro atoms. The summed E-state index contributed by atoms with van der Waals surface area (Å²) in [4.78, 5) is 12.8. The van der Waals surface area contributed by atoms with Gasteiger partial charge in [-0.2, -0.15) is 0 Å². The SMILES string of the molecule is CCc1nnsc1C(=O)NC(C)(CN)CC(C)C. The summed E-state index contributed by atoms with van der Waals surface area (Å²) in [6.07, 6.45) is 1.56. The molecule has 0 radical (unpaired) electrons. The molecule has 102 valence electrons. The highest BCUT2D eigenvalue weighted by molar-refractivity contribution is 7.08. The zero-order valence-electron chi connectivity index (χ0n) is 11.5. The monoisotopic (exact) mass is 270 g/mol. The fourth-order valence-electron chi connectivity index (χ4n) is 2.03. The van der Waals surface area contributed by atoms with Crippen molar-refractivity contribution in [1.29, 1.82) is 0 Å². The number of hydrogen-bond acceptors (Lipinski definition) is 5. The molecule has 1 heterocycles. The normalized spacial score (nSPS) is 14.6. The summed E-state index contributed by atoms with van der Waals surface area (Å²) < 4.78 is 3.83. The van der Waals surface area contributed by atoms with Crippen molar-refractivity contribution in [1.82, 2.24) is 14.9 Å². The van der Waals surface area contributed by atoms with E-state index in [2.05, 4.69) is 28.8 Å². The van der Waals surface area contributed by atoms with Gasteiger partial charge < -0.3 is 11.1 Å². The molecule has 0 aliphatic rings. The molecule has 0 aliphatic carbocycles. The van der Waals surface area contributed by atoms with Crippen molar-refractivity contribution in [2.24, 2.45) is 11.7 Å². The summed E-state index contributed by atoms with van der Waals surface area (Å²) in [5.74, 6) is 0.361. The maximum Gasteiger partial charge on any atom is 0.265 e. The van der Waals surface area contributed by atoms with E-state index in [0.29, 0.717) is 23.8 Å². The molecule has 6 heteroatoms. The average Bonchev–Trinajstić information content (AvgIpc) is 2.75. The molecule has 0 bridgehead atoms. The van der Waals surface area contributed by atoms with Crippen molar-refractivity contribution in [3.63, 3.8) is 0 Å². The van der Waals surface area contributed by atoms with E-state index in [-0.39, 0.29) is 11.4 Å². The standard InChI is InChI=1S/C12H22N4OS/c1-5-9-10(18-16-15-9)11(17)14-12(4,7-13)6-8(2)3/h8H,5-7,13H2,1-4H3,(H,14,17). The topological polar surface area (TPSA) is 80.9 Å². The van der Waals surface area contributed by atoms with E-state index < -0.39 is 0 Å². The van der Waals surface area contributed by atoms with Crippen molar-refractivity contribution >= 4 is 17.4 Å². The van der Waals surface area contributed by atoms with Crippen LogP contribution in [-0.2, 0) is 6.42 Å². The van der Waals surface area contributed by atoms with Crippen molar-refractivity contribution in [2.45, 2.75) is 46.1 Å². The largest absolute Gasteiger partial charge is 0.345 e. The Balaban J connectivity index is 2.79. The molecule has 5 nitrogen and oxygen atoms in total. The number of carbonyl (C=O) groups excluding carboxylic acids is 1. The zero-order valence-corrected chi connectivity index (χ0v) is 12.3. The maximum absolute atomic E-state index is 12.2. The Bertz CT molecular complexity index is 405. The van der Waals surface area contributed by atoms with Gasteiger partial charge in [0.1, 0.15) is 4.88 Å². The molecular weight excluding hydrogens is 248 g/mol. The van der Waals surface area contributed by atoms with E-state index >= 15 is 0 Å². The number of rotatable bonds is 6. The van der Waals surface area contributed by atoms with Crippen LogP contribution in [0.5, 0.6) is 0 Å². The highest BCUT2D eigenvalue weighted by Gasteiger charge is 2.28. The van der Waals surface area contributed by atoms with Crippen LogP contribution in [0.25, 0.3) is 0 Å². The van der Waals surface area contributed by atoms with Crippen molar-refractivity contribution in [2.75, 3.05) is 6.54 Å². The highest BCUT2D eigenvalue weighted by Crippen LogP contribution is 2.18. The Hall–Kier alpha value is -1.01. The zero-order chi connectivity index (χ0) is 13.8. The van der Waals surface area contributed by atoms with Gasteiger partial charge in [0, 0.05) is 6.54 Å². The maximum atomic E-state index is 12.2. The second kappa shape index (κ2) is 6.24. The molecule has 1 rings (SSSR count). The Morgan fingerprint density at radius 3 is 2.72 bits per heavy atom. The molecule has 1 aromatic heterocycles. The number of aryl methyl sites for hydroxylation is 1. The minimum atomic E-state index is -0.375. The van der Waals surface area contributed by atoms with Crippen LogP contribution in [-0.4, -0.2) is 27.6 Å². The third-order valence-electron chi connectivity index (χ3n) is 2.82. The van der Waals surface area contributed by atoms with Gasteiger partial charge in [0.05, 0.1) is 11.2 Å². The van der Waals surface area contributed by atoms with Gasteiger partial charge in [-0.3, -0.25) is 4.79 Å². The van der Waals surface area contributed by atoms with Crippen LogP contribution >= 0.6 is 11.5 Å². The van der Waals surface area contributed by atoms with Crippen LogP contribution < -0.4 is 11.1 Å². The first kappa shape index (κ1) is 15.0. The van der Waals surface area contributed by atoms with E-state index in [1.807, 2.05) is 13.8 Å². The molecule has 1 unspecified atom stereocenters. The number of nitrogens with two attached hydrogens (primary N) is 1. The first-order valence-corrected chi connectivity index (χ1v) is 7.03. The molecule has 1 amide bonds. The second-order valence-electron chi connectivity index (χ2n) is 5.22. The van der Waals surface area contributed by atoms with Gasteiger partial charge in [0.2, 0.25) is 0 Å². The van der Waals surface area contributed by atoms with Crippen LogP contribution in [0.4, 0.5) is 0 Å². The van der Waals surface area contributed by atoms with Crippen LogP contribution in [0.1, 0.15) is 49.5 Å². The minimum Gasteiger partial charge on any atom is -0.345 e. The van der Waals surface area contributed by atoms with Gasteiger partial charge in [-0.15, -0.1) is 5.10 Å². The third-order valence-corrected chi connectivity index (χ3v) is 3.59. The number of nitrogens with zero attached hydrogens (tertiary/aromatic N) is 2. The first-order valence-electron chi connectivity index (χ1n) is 6.25. The molecule has 18 heavy (non-hydrogen) atoms. The predicted molar refractivity (Wildman–Crippen MR) is 73.7 cm³/mol. The van der Waals surface area contributed by atoms with E-state index in [9.17, 15) is 4.79 Å². The predicted octanol–water partition coefficient (Wildman–Crippen LogP) is 1.59. The van der Waals surface area contributed by atoms with Gasteiger partial charge in [-0.05, 0) is 37.2 Å². The van der Waals surface area contributed by atoms with Gasteiger partial charge >= 0.3 is 0 Å². The van der Waals surface area contributed by atoms with E-state index in [4.69, 9.17) is 5.73 Å². The lowest BCUT2D eigenvalue weighted by molar-refractivity contribution is 0.0901. The summed E-state index contributed by atoms with van der Waals surface area (Å²) in [6.45, 7) is 8.59. The molecule has 3 N–H and O–H groups in total. The Labute approximate surface area is 112 Å². The molecule has 0 saturated carbocycles. The van der Waals surface area contributed by atoms with Gasteiger partial charge in [-0.25, -0.2) is 0 Å². The van der Waals surface area contributed by atoms with Crippen LogP contribution in [0.2, 0.25) is 0 Å². The number of hydrogen-bond donors (Lipinski definition) is 2. The number of amides is 1. The fourth-order valence-corrected chi connectivity index (χ4v) is 2.68. The lowest BCUT2D eigenvalue weighted by Gasteiger charge is -2.31. The van der Waals surface area contributed by atoms with Gasteiger partial charge in [0.25, 0.3) is 5.91 Å². The summed E-state index contributed by atoms with van der Waals surface area (Å²) in [5.41, 5.74) is 6.16. The summed E-state index contributed by atoms with van der Waals surface area (Å²) in [7, 11) is 0. The van der Waals surface area contributed by atoms with Crippen molar-refractivity contribution < 1.29 is 4.79 Å². The lowest BCUT2D eigenvalue weighted by atomic mass is 9.90. The van der Waals surface area contributed by atoms with Crippen LogP contribution in [0, 0.1) is 5.92 Å². The first-order chi connectivity index (χ1) is 8.41. The Morgan fingerprint density at radius 1 is 1.56 bits per heavy atom. The van der Waals surface area contributed by atoms with Crippen LogP contribution in [0.3, 0.4) is 0 Å². The third kappa shape index (κ3) is 3.74. The number of nitrogens with one attached hydrogen (secondary N) is 1. The molecule has 0 aliphatic heterocycles. The van der Waals surface area contributed by atoms with Gasteiger partial charge in [0.15, 0.2) is 0 Å². The van der Waals surface area contributed by atoms with E-state index in [0.717, 1.165) is 23.6 Å². The fraction of sp³-hybridized carbons (Fsp3) is 0.750. The molecule has 0 aromatic carbocycles. The molecule has 1 aromatic rings. The quantitative estimate of drug-likeness (QED) is 0.822. The molecule has 0 fully saturated rings. The van der Waals surface area contributed by atoms with Crippen molar-refractivity contribution in [3.8, 4) is 0 Å². The number of carbonyl (C=O) groups is 1. The minimum absolute atomic E-state index is 0.115. The number of aromatic nitrogens is 2. The summed E-state index contributed by atoms with van der Waals surface area (Å²) >= 11 is 1.14. The average molecular weight is 270 g/mol. The summed E-state index contributed by atoms with van der Waals surface area (Å²) in [5, 5.41) is 6.97. The Kier molecular flexibility index (Phi) is 5.22.